The van der Waals surface area contributed by atoms with E-state index < -0.39 is 0 Å². The lowest BCUT2D eigenvalue weighted by Gasteiger charge is -2.14. The third-order valence-electron chi connectivity index (χ3n) is 5.70. The molecule has 4 aromatic rings. The summed E-state index contributed by atoms with van der Waals surface area (Å²) in [6.07, 6.45) is 7.14. The molecule has 1 aliphatic rings. The van der Waals surface area contributed by atoms with Gasteiger partial charge in [-0.15, -0.1) is 0 Å². The average molecular weight is 403 g/mol. The summed E-state index contributed by atoms with van der Waals surface area (Å²) in [5.41, 5.74) is 4.90. The predicted octanol–water partition coefficient (Wildman–Crippen LogP) is 3.67. The lowest BCUT2D eigenvalue weighted by Crippen LogP contribution is -2.29. The Balaban J connectivity index is 1.33. The molecule has 5 rings (SSSR count). The topological polar surface area (TPSA) is 75.7 Å². The molecule has 0 bridgehead atoms. The van der Waals surface area contributed by atoms with Gasteiger partial charge < -0.3 is 14.6 Å². The molecule has 4 heterocycles. The van der Waals surface area contributed by atoms with Gasteiger partial charge in [-0.05, 0) is 74.3 Å². The Labute approximate surface area is 174 Å². The number of aryl methyl sites for hydroxylation is 1. The summed E-state index contributed by atoms with van der Waals surface area (Å²) in [6.45, 7) is 5.92. The van der Waals surface area contributed by atoms with Crippen molar-refractivity contribution in [3.05, 3.63) is 54.3 Å². The lowest BCUT2D eigenvalue weighted by atomic mass is 10.1. The van der Waals surface area contributed by atoms with Gasteiger partial charge in [0.2, 0.25) is 0 Å². The standard InChI is InChI=1S/C23H25N5O2/c1-16-26-19-13-17(5-7-21(19)30-16)18-6-8-22-25-14-20(28(22)15-18)23(29)24-9-4-12-27-10-2-3-11-27/h5-8,13-15H,2-4,9-12H2,1H3,(H,24,29). The number of pyridine rings is 1. The van der Waals surface area contributed by atoms with E-state index >= 15 is 0 Å². The van der Waals surface area contributed by atoms with Crippen molar-refractivity contribution >= 4 is 22.7 Å². The maximum Gasteiger partial charge on any atom is 0.269 e. The van der Waals surface area contributed by atoms with Gasteiger partial charge in [-0.3, -0.25) is 9.20 Å². The highest BCUT2D eigenvalue weighted by atomic mass is 16.3. The Morgan fingerprint density at radius 2 is 2.00 bits per heavy atom. The Kier molecular flexibility index (Phi) is 4.96. The van der Waals surface area contributed by atoms with Gasteiger partial charge in [-0.1, -0.05) is 6.07 Å². The van der Waals surface area contributed by atoms with Gasteiger partial charge in [0.1, 0.15) is 16.9 Å². The summed E-state index contributed by atoms with van der Waals surface area (Å²) in [4.78, 5) is 24.0. The van der Waals surface area contributed by atoms with E-state index in [0.29, 0.717) is 18.1 Å². The van der Waals surface area contributed by atoms with Gasteiger partial charge in [-0.25, -0.2) is 9.97 Å². The zero-order valence-electron chi connectivity index (χ0n) is 17.1. The van der Waals surface area contributed by atoms with Crippen LogP contribution in [-0.4, -0.2) is 51.4 Å². The first kappa shape index (κ1) is 18.8. The van der Waals surface area contributed by atoms with E-state index in [9.17, 15) is 4.79 Å². The van der Waals surface area contributed by atoms with Crippen molar-refractivity contribution < 1.29 is 9.21 Å². The molecular formula is C23H25N5O2. The van der Waals surface area contributed by atoms with Crippen LogP contribution in [-0.2, 0) is 0 Å². The van der Waals surface area contributed by atoms with E-state index in [1.54, 1.807) is 6.20 Å². The summed E-state index contributed by atoms with van der Waals surface area (Å²) < 4.78 is 7.41. The number of oxazole rings is 1. The second-order valence-electron chi connectivity index (χ2n) is 7.86. The third kappa shape index (κ3) is 3.68. The maximum absolute atomic E-state index is 12.7. The molecule has 0 radical (unpaired) electrons. The summed E-state index contributed by atoms with van der Waals surface area (Å²) in [6, 6.07) is 9.87. The number of imidazole rings is 1. The highest BCUT2D eigenvalue weighted by Gasteiger charge is 2.14. The van der Waals surface area contributed by atoms with Crippen LogP contribution in [0.25, 0.3) is 27.9 Å². The minimum absolute atomic E-state index is 0.0938. The second-order valence-corrected chi connectivity index (χ2v) is 7.86. The first-order chi connectivity index (χ1) is 14.7. The quantitative estimate of drug-likeness (QED) is 0.497. The molecule has 1 amide bonds. The monoisotopic (exact) mass is 403 g/mol. The van der Waals surface area contributed by atoms with Crippen LogP contribution in [0.2, 0.25) is 0 Å². The van der Waals surface area contributed by atoms with Crippen LogP contribution in [0.4, 0.5) is 0 Å². The fraction of sp³-hybridized carbons (Fsp3) is 0.348. The molecule has 1 N–H and O–H groups in total. The number of nitrogens with one attached hydrogen (secondary N) is 1. The number of nitrogens with zero attached hydrogens (tertiary/aromatic N) is 4. The van der Waals surface area contributed by atoms with Crippen LogP contribution < -0.4 is 5.32 Å². The van der Waals surface area contributed by atoms with Crippen LogP contribution in [0.15, 0.2) is 47.1 Å². The molecule has 0 unspecified atom stereocenters. The van der Waals surface area contributed by atoms with Crippen molar-refractivity contribution in [1.29, 1.82) is 0 Å². The molecule has 1 saturated heterocycles. The van der Waals surface area contributed by atoms with Crippen molar-refractivity contribution in [2.45, 2.75) is 26.2 Å². The minimum Gasteiger partial charge on any atom is -0.441 e. The van der Waals surface area contributed by atoms with Gasteiger partial charge in [0.05, 0.1) is 6.20 Å². The van der Waals surface area contributed by atoms with Crippen LogP contribution in [0.3, 0.4) is 0 Å². The average Bonchev–Trinajstić information content (AvgIpc) is 3.48. The largest absolute Gasteiger partial charge is 0.441 e. The fourth-order valence-electron chi connectivity index (χ4n) is 4.14. The Hall–Kier alpha value is -3.19. The first-order valence-corrected chi connectivity index (χ1v) is 10.5. The number of carbonyl (C=O) groups is 1. The van der Waals surface area contributed by atoms with Gasteiger partial charge in [-0.2, -0.15) is 0 Å². The molecule has 0 aliphatic carbocycles. The van der Waals surface area contributed by atoms with Crippen LogP contribution >= 0.6 is 0 Å². The first-order valence-electron chi connectivity index (χ1n) is 10.5. The molecular weight excluding hydrogens is 378 g/mol. The minimum atomic E-state index is -0.0938. The predicted molar refractivity (Wildman–Crippen MR) is 116 cm³/mol. The molecule has 1 aromatic carbocycles. The SMILES string of the molecule is Cc1nc2cc(-c3ccc4ncc(C(=O)NCCCN5CCCC5)n4c3)ccc2o1. The second kappa shape index (κ2) is 7.91. The summed E-state index contributed by atoms with van der Waals surface area (Å²) in [7, 11) is 0. The molecule has 1 aliphatic heterocycles. The normalized spacial score (nSPS) is 14.7. The molecule has 154 valence electrons. The molecule has 0 spiro atoms. The van der Waals surface area contributed by atoms with Crippen molar-refractivity contribution in [1.82, 2.24) is 24.6 Å². The zero-order valence-corrected chi connectivity index (χ0v) is 17.1. The number of fused-ring (bicyclic) bond motifs is 2. The van der Waals surface area contributed by atoms with Crippen molar-refractivity contribution in [2.24, 2.45) is 0 Å². The van der Waals surface area contributed by atoms with Crippen molar-refractivity contribution in [3.8, 4) is 11.1 Å². The van der Waals surface area contributed by atoms with E-state index in [-0.39, 0.29) is 5.91 Å². The van der Waals surface area contributed by atoms with Gasteiger partial charge in [0.15, 0.2) is 11.5 Å². The van der Waals surface area contributed by atoms with E-state index in [1.165, 1.54) is 25.9 Å². The van der Waals surface area contributed by atoms with E-state index in [1.807, 2.05) is 47.9 Å². The number of hydrogen-bond acceptors (Lipinski definition) is 5. The number of aromatic nitrogens is 3. The Bertz CT molecular complexity index is 1200. The highest BCUT2D eigenvalue weighted by Crippen LogP contribution is 2.25. The van der Waals surface area contributed by atoms with Crippen LogP contribution in [0, 0.1) is 6.92 Å². The highest BCUT2D eigenvalue weighted by molar-refractivity contribution is 5.93. The number of likely N-dealkylation sites (tertiary alicyclic amines) is 1. The Morgan fingerprint density at radius 3 is 2.87 bits per heavy atom. The number of amides is 1. The fourth-order valence-corrected chi connectivity index (χ4v) is 4.14. The van der Waals surface area contributed by atoms with Crippen molar-refractivity contribution in [3.63, 3.8) is 0 Å². The number of carbonyl (C=O) groups excluding carboxylic acids is 1. The number of rotatable bonds is 6. The van der Waals surface area contributed by atoms with E-state index in [2.05, 4.69) is 20.2 Å². The lowest BCUT2D eigenvalue weighted by molar-refractivity contribution is 0.0946. The van der Waals surface area contributed by atoms with E-state index in [0.717, 1.165) is 40.8 Å². The molecule has 7 heteroatoms. The molecule has 1 fully saturated rings. The molecule has 3 aromatic heterocycles. The van der Waals surface area contributed by atoms with E-state index in [4.69, 9.17) is 4.42 Å². The molecule has 0 atom stereocenters. The zero-order chi connectivity index (χ0) is 20.5. The maximum atomic E-state index is 12.7. The molecule has 7 nitrogen and oxygen atoms in total. The number of hydrogen-bond donors (Lipinski definition) is 1. The van der Waals surface area contributed by atoms with Gasteiger partial charge >= 0.3 is 0 Å². The van der Waals surface area contributed by atoms with Crippen molar-refractivity contribution in [2.75, 3.05) is 26.2 Å². The molecule has 0 saturated carbocycles. The smallest absolute Gasteiger partial charge is 0.269 e. The summed E-state index contributed by atoms with van der Waals surface area (Å²) in [5, 5.41) is 3.04. The van der Waals surface area contributed by atoms with Gasteiger partial charge in [0, 0.05) is 19.7 Å². The number of benzene rings is 1. The van der Waals surface area contributed by atoms with Crippen LogP contribution in [0.1, 0.15) is 35.6 Å². The summed E-state index contributed by atoms with van der Waals surface area (Å²) in [5.74, 6) is 0.555. The Morgan fingerprint density at radius 1 is 1.17 bits per heavy atom. The van der Waals surface area contributed by atoms with Gasteiger partial charge in [0.25, 0.3) is 5.91 Å². The third-order valence-corrected chi connectivity index (χ3v) is 5.70. The van der Waals surface area contributed by atoms with Crippen LogP contribution in [0.5, 0.6) is 0 Å². The summed E-state index contributed by atoms with van der Waals surface area (Å²) >= 11 is 0. The molecule has 30 heavy (non-hydrogen) atoms.